The fourth-order valence-corrected chi connectivity index (χ4v) is 2.82. The Labute approximate surface area is 151 Å². The third-order valence-corrected chi connectivity index (χ3v) is 4.30. The van der Waals surface area contributed by atoms with Crippen molar-refractivity contribution in [3.63, 3.8) is 0 Å². The van der Waals surface area contributed by atoms with Crippen molar-refractivity contribution in [3.05, 3.63) is 36.3 Å². The maximum Gasteiger partial charge on any atom is 0.433 e. The second-order valence-electron chi connectivity index (χ2n) is 5.49. The van der Waals surface area contributed by atoms with Crippen molar-refractivity contribution >= 4 is 17.6 Å². The summed E-state index contributed by atoms with van der Waals surface area (Å²) in [5.74, 6) is 0.723. The zero-order valence-corrected chi connectivity index (χ0v) is 14.9. The van der Waals surface area contributed by atoms with Crippen LogP contribution in [0.15, 0.2) is 40.9 Å². The van der Waals surface area contributed by atoms with Crippen molar-refractivity contribution < 1.29 is 13.2 Å². The summed E-state index contributed by atoms with van der Waals surface area (Å²) in [5, 5.41) is 8.44. The largest absolute Gasteiger partial charge is 0.433 e. The van der Waals surface area contributed by atoms with E-state index < -0.39 is 11.9 Å². The van der Waals surface area contributed by atoms with Gasteiger partial charge in [0.15, 0.2) is 21.8 Å². The molecular weight excluding hydrogens is 367 g/mol. The van der Waals surface area contributed by atoms with Gasteiger partial charge >= 0.3 is 6.18 Å². The Morgan fingerprint density at radius 1 is 1.08 bits per heavy atom. The number of hydrogen-bond donors (Lipinski definition) is 0. The van der Waals surface area contributed by atoms with Crippen LogP contribution >= 0.6 is 11.8 Å². The predicted molar refractivity (Wildman–Crippen MR) is 89.7 cm³/mol. The molecule has 0 spiro atoms. The Morgan fingerprint density at radius 3 is 2.38 bits per heavy atom. The fraction of sp³-hybridized carbons (Fsp3) is 0.267. The summed E-state index contributed by atoms with van der Waals surface area (Å²) < 4.78 is 41.0. The maximum atomic E-state index is 13.1. The van der Waals surface area contributed by atoms with Crippen LogP contribution in [0.2, 0.25) is 0 Å². The van der Waals surface area contributed by atoms with Crippen LogP contribution < -0.4 is 4.90 Å². The minimum atomic E-state index is -4.56. The standard InChI is InChI=1S/C15H14F3N7S/c1-24(2)11-8-10(15(16,17)18)20-13(21-11)26-14-23-22-12(25(14)3)9-4-6-19-7-5-9/h4-8H,1-3H3. The number of halogens is 3. The lowest BCUT2D eigenvalue weighted by Crippen LogP contribution is -2.16. The monoisotopic (exact) mass is 381 g/mol. The van der Waals surface area contributed by atoms with Crippen molar-refractivity contribution in [3.8, 4) is 11.4 Å². The lowest BCUT2D eigenvalue weighted by atomic mass is 10.2. The highest BCUT2D eigenvalue weighted by Crippen LogP contribution is 2.33. The molecule has 136 valence electrons. The van der Waals surface area contributed by atoms with Crippen LogP contribution in [0.4, 0.5) is 19.0 Å². The Balaban J connectivity index is 1.97. The molecule has 0 aromatic carbocycles. The number of hydrogen-bond acceptors (Lipinski definition) is 7. The minimum Gasteiger partial charge on any atom is -0.363 e. The number of alkyl halides is 3. The second-order valence-corrected chi connectivity index (χ2v) is 6.42. The van der Waals surface area contributed by atoms with E-state index in [1.807, 2.05) is 0 Å². The molecule has 0 radical (unpaired) electrons. The Morgan fingerprint density at radius 2 is 1.77 bits per heavy atom. The van der Waals surface area contributed by atoms with Gasteiger partial charge in [-0.1, -0.05) is 0 Å². The number of anilines is 1. The average molecular weight is 381 g/mol. The first kappa shape index (κ1) is 18.1. The quantitative estimate of drug-likeness (QED) is 0.644. The summed E-state index contributed by atoms with van der Waals surface area (Å²) in [4.78, 5) is 13.2. The van der Waals surface area contributed by atoms with Crippen LogP contribution in [-0.4, -0.2) is 43.8 Å². The zero-order chi connectivity index (χ0) is 18.9. The molecule has 3 rings (SSSR count). The van der Waals surface area contributed by atoms with Gasteiger partial charge < -0.3 is 9.47 Å². The first-order valence-corrected chi connectivity index (χ1v) is 8.18. The van der Waals surface area contributed by atoms with E-state index in [0.717, 1.165) is 23.4 Å². The van der Waals surface area contributed by atoms with Gasteiger partial charge in [-0.25, -0.2) is 9.97 Å². The van der Waals surface area contributed by atoms with E-state index in [9.17, 15) is 13.2 Å². The minimum absolute atomic E-state index is 0.0553. The van der Waals surface area contributed by atoms with E-state index in [1.165, 1.54) is 4.90 Å². The summed E-state index contributed by atoms with van der Waals surface area (Å²) in [6.45, 7) is 0. The molecule has 26 heavy (non-hydrogen) atoms. The summed E-state index contributed by atoms with van der Waals surface area (Å²) >= 11 is 0.916. The van der Waals surface area contributed by atoms with Gasteiger partial charge in [-0.05, 0) is 23.9 Å². The molecule has 0 unspecified atom stereocenters. The van der Waals surface area contributed by atoms with E-state index in [1.54, 1.807) is 50.2 Å². The maximum absolute atomic E-state index is 13.1. The molecule has 3 aromatic rings. The summed E-state index contributed by atoms with van der Waals surface area (Å²) in [6.07, 6.45) is -1.32. The normalized spacial score (nSPS) is 11.6. The zero-order valence-electron chi connectivity index (χ0n) is 14.1. The molecule has 0 amide bonds. The first-order chi connectivity index (χ1) is 12.3. The van der Waals surface area contributed by atoms with Crippen LogP contribution in [0.25, 0.3) is 11.4 Å². The smallest absolute Gasteiger partial charge is 0.363 e. The third-order valence-electron chi connectivity index (χ3n) is 3.40. The number of pyridine rings is 1. The van der Waals surface area contributed by atoms with Crippen LogP contribution in [0.1, 0.15) is 5.69 Å². The molecule has 0 bridgehead atoms. The second kappa shape index (κ2) is 6.90. The topological polar surface area (TPSA) is 72.6 Å². The van der Waals surface area contributed by atoms with Gasteiger partial charge in [-0.3, -0.25) is 4.98 Å². The number of nitrogens with zero attached hydrogens (tertiary/aromatic N) is 7. The van der Waals surface area contributed by atoms with Crippen molar-refractivity contribution in [1.29, 1.82) is 0 Å². The molecule has 0 N–H and O–H groups in total. The van der Waals surface area contributed by atoms with Crippen LogP contribution in [0.5, 0.6) is 0 Å². The number of rotatable bonds is 4. The van der Waals surface area contributed by atoms with E-state index in [0.29, 0.717) is 11.0 Å². The van der Waals surface area contributed by atoms with Crippen LogP contribution in [0, 0.1) is 0 Å². The Bertz CT molecular complexity index is 909. The molecule has 3 aromatic heterocycles. The lowest BCUT2D eigenvalue weighted by Gasteiger charge is -2.15. The van der Waals surface area contributed by atoms with E-state index in [2.05, 4.69) is 25.1 Å². The third kappa shape index (κ3) is 3.77. The fourth-order valence-electron chi connectivity index (χ4n) is 2.07. The van der Waals surface area contributed by atoms with Gasteiger partial charge in [-0.15, -0.1) is 10.2 Å². The number of aromatic nitrogens is 6. The molecule has 0 aliphatic carbocycles. The Kier molecular flexibility index (Phi) is 4.81. The highest BCUT2D eigenvalue weighted by atomic mass is 32.2. The van der Waals surface area contributed by atoms with Crippen LogP contribution in [0.3, 0.4) is 0 Å². The van der Waals surface area contributed by atoms with Gasteiger partial charge in [-0.2, -0.15) is 13.2 Å². The lowest BCUT2D eigenvalue weighted by molar-refractivity contribution is -0.141. The highest BCUT2D eigenvalue weighted by molar-refractivity contribution is 7.99. The Hall–Kier alpha value is -2.69. The first-order valence-electron chi connectivity index (χ1n) is 7.37. The van der Waals surface area contributed by atoms with Gasteiger partial charge in [0, 0.05) is 45.2 Å². The molecule has 0 aliphatic rings. The van der Waals surface area contributed by atoms with Gasteiger partial charge in [0.25, 0.3) is 0 Å². The molecule has 0 aliphatic heterocycles. The molecule has 11 heteroatoms. The summed E-state index contributed by atoms with van der Waals surface area (Å²) in [7, 11) is 4.94. The van der Waals surface area contributed by atoms with Crippen LogP contribution in [-0.2, 0) is 13.2 Å². The average Bonchev–Trinajstić information content (AvgIpc) is 2.95. The molecule has 0 saturated carbocycles. The highest BCUT2D eigenvalue weighted by Gasteiger charge is 2.34. The predicted octanol–water partition coefficient (Wildman–Crippen LogP) is 2.90. The molecule has 0 saturated heterocycles. The molecule has 0 atom stereocenters. The molecule has 3 heterocycles. The van der Waals surface area contributed by atoms with Crippen molar-refractivity contribution in [2.24, 2.45) is 7.05 Å². The van der Waals surface area contributed by atoms with Gasteiger partial charge in [0.1, 0.15) is 5.82 Å². The van der Waals surface area contributed by atoms with Gasteiger partial charge in [0.05, 0.1) is 0 Å². The molecule has 0 fully saturated rings. The van der Waals surface area contributed by atoms with Gasteiger partial charge in [0.2, 0.25) is 0 Å². The van der Waals surface area contributed by atoms with Crippen molar-refractivity contribution in [1.82, 2.24) is 29.7 Å². The summed E-state index contributed by atoms with van der Waals surface area (Å²) in [5.41, 5.74) is -0.212. The SMILES string of the molecule is CN(C)c1cc(C(F)(F)F)nc(Sc2nnc(-c3ccncc3)n2C)n1. The van der Waals surface area contributed by atoms with Crippen molar-refractivity contribution in [2.75, 3.05) is 19.0 Å². The van der Waals surface area contributed by atoms with E-state index >= 15 is 0 Å². The molecule has 7 nitrogen and oxygen atoms in total. The van der Waals surface area contributed by atoms with E-state index in [-0.39, 0.29) is 11.0 Å². The summed E-state index contributed by atoms with van der Waals surface area (Å²) in [6, 6.07) is 4.44. The molecular formula is C15H14F3N7S. The van der Waals surface area contributed by atoms with Crippen molar-refractivity contribution in [2.45, 2.75) is 16.5 Å². The van der Waals surface area contributed by atoms with E-state index in [4.69, 9.17) is 0 Å².